The third-order valence-corrected chi connectivity index (χ3v) is 6.79. The number of nitrogens with one attached hydrogen (secondary N) is 2. The van der Waals surface area contributed by atoms with Gasteiger partial charge < -0.3 is 9.97 Å². The van der Waals surface area contributed by atoms with E-state index in [1.165, 1.54) is 32.3 Å². The highest BCUT2D eigenvalue weighted by atomic mass is 14.8. The summed E-state index contributed by atoms with van der Waals surface area (Å²) in [5.74, 6) is 0. The zero-order valence-electron chi connectivity index (χ0n) is 17.0. The second-order valence-electron chi connectivity index (χ2n) is 8.48. The first-order valence-electron chi connectivity index (χ1n) is 10.8. The smallest absolute Gasteiger partial charge is 0.0972 e. The molecular formula is C28H16N4. The number of aromatic nitrogens is 4. The number of nitrogens with zero attached hydrogens (tertiary/aromatic N) is 2. The first-order chi connectivity index (χ1) is 15.8. The Hall–Kier alpha value is -4.44. The van der Waals surface area contributed by atoms with Crippen molar-refractivity contribution in [1.29, 1.82) is 0 Å². The van der Waals surface area contributed by atoms with Crippen molar-refractivity contribution in [2.24, 2.45) is 0 Å². The summed E-state index contributed by atoms with van der Waals surface area (Å²) in [6.07, 6.45) is 3.56. The Morgan fingerprint density at radius 1 is 0.406 bits per heavy atom. The number of fused-ring (bicyclic) bond motifs is 12. The van der Waals surface area contributed by atoms with Crippen molar-refractivity contribution >= 4 is 76.2 Å². The van der Waals surface area contributed by atoms with Crippen molar-refractivity contribution < 1.29 is 0 Å². The van der Waals surface area contributed by atoms with E-state index in [1.807, 2.05) is 0 Å². The zero-order chi connectivity index (χ0) is 20.8. The van der Waals surface area contributed by atoms with Crippen LogP contribution in [0.1, 0.15) is 0 Å². The Morgan fingerprint density at radius 3 is 1.38 bits per heavy atom. The van der Waals surface area contributed by atoms with E-state index in [0.29, 0.717) is 0 Å². The first kappa shape index (κ1) is 16.3. The van der Waals surface area contributed by atoms with E-state index in [2.05, 4.69) is 82.8 Å². The summed E-state index contributed by atoms with van der Waals surface area (Å²) in [5, 5.41) is 9.61. The van der Waals surface area contributed by atoms with Gasteiger partial charge >= 0.3 is 0 Å². The summed E-state index contributed by atoms with van der Waals surface area (Å²) in [7, 11) is 0. The highest BCUT2D eigenvalue weighted by molar-refractivity contribution is 6.29. The van der Waals surface area contributed by atoms with E-state index >= 15 is 0 Å². The number of benzene rings is 5. The van der Waals surface area contributed by atoms with Crippen molar-refractivity contribution in [2.45, 2.75) is 0 Å². The fourth-order valence-corrected chi connectivity index (χ4v) is 5.37. The number of para-hydroxylation sites is 2. The molecule has 0 amide bonds. The monoisotopic (exact) mass is 408 g/mol. The van der Waals surface area contributed by atoms with Gasteiger partial charge in [-0.25, -0.2) is 0 Å². The molecule has 2 N–H and O–H groups in total. The van der Waals surface area contributed by atoms with Gasteiger partial charge in [0.05, 0.1) is 11.0 Å². The lowest BCUT2D eigenvalue weighted by molar-refractivity contribution is 1.31. The van der Waals surface area contributed by atoms with Crippen LogP contribution in [0.5, 0.6) is 0 Å². The van der Waals surface area contributed by atoms with Crippen LogP contribution in [-0.4, -0.2) is 19.9 Å². The summed E-state index contributed by atoms with van der Waals surface area (Å²) in [5.41, 5.74) is 6.42. The molecule has 0 atom stereocenters. The summed E-state index contributed by atoms with van der Waals surface area (Å²) < 4.78 is 0. The Bertz CT molecular complexity index is 1890. The van der Waals surface area contributed by atoms with Crippen LogP contribution >= 0.6 is 0 Å². The van der Waals surface area contributed by atoms with Crippen LogP contribution in [0.2, 0.25) is 0 Å². The molecule has 5 aromatic carbocycles. The molecular weight excluding hydrogens is 392 g/mol. The molecule has 148 valence electrons. The molecule has 0 aliphatic heterocycles. The van der Waals surface area contributed by atoms with Gasteiger partial charge in [0.2, 0.25) is 0 Å². The lowest BCUT2D eigenvalue weighted by atomic mass is 9.96. The average molecular weight is 408 g/mol. The molecule has 0 spiro atoms. The van der Waals surface area contributed by atoms with Crippen LogP contribution in [0.3, 0.4) is 0 Å². The summed E-state index contributed by atoms with van der Waals surface area (Å²) in [6, 6.07) is 26.1. The van der Waals surface area contributed by atoms with Gasteiger partial charge in [0.1, 0.15) is 0 Å². The number of aromatic amines is 2. The van der Waals surface area contributed by atoms with Gasteiger partial charge in [0.25, 0.3) is 0 Å². The standard InChI is InChI=1S/C28H16N4/c1-3-7-23-15(5-1)19-11-17-18-12-20-16-6-2-4-8-24(16)32-26(20)14-22(18)28-27(29-9-10-30-28)21(17)13-25(19)31-23/h1-14,31-32H. The second-order valence-corrected chi connectivity index (χ2v) is 8.48. The maximum absolute atomic E-state index is 4.76. The summed E-state index contributed by atoms with van der Waals surface area (Å²) in [4.78, 5) is 16.7. The number of H-pyrrole nitrogens is 2. The Labute approximate surface area is 181 Å². The maximum atomic E-state index is 4.76. The predicted molar refractivity (Wildman–Crippen MR) is 133 cm³/mol. The van der Waals surface area contributed by atoms with Crippen LogP contribution < -0.4 is 0 Å². The SMILES string of the molecule is c1ccc2c(c1)[nH]c1cc3c(cc12)c1cc2c(cc1c1nccnc31)[nH]c1ccccc12. The quantitative estimate of drug-likeness (QED) is 0.261. The average Bonchev–Trinajstić information content (AvgIpc) is 3.39. The molecule has 0 unspecified atom stereocenters. The van der Waals surface area contributed by atoms with E-state index in [4.69, 9.17) is 9.97 Å². The van der Waals surface area contributed by atoms with Gasteiger partial charge in [-0.05, 0) is 47.2 Å². The molecule has 0 saturated heterocycles. The van der Waals surface area contributed by atoms with Crippen molar-refractivity contribution in [1.82, 2.24) is 19.9 Å². The maximum Gasteiger partial charge on any atom is 0.0972 e. The topological polar surface area (TPSA) is 57.4 Å². The van der Waals surface area contributed by atoms with Gasteiger partial charge in [-0.15, -0.1) is 0 Å². The molecule has 0 fully saturated rings. The normalized spacial score (nSPS) is 12.4. The lowest BCUT2D eigenvalue weighted by Crippen LogP contribution is -1.89. The second kappa shape index (κ2) is 5.62. The molecule has 32 heavy (non-hydrogen) atoms. The third kappa shape index (κ3) is 1.97. The summed E-state index contributed by atoms with van der Waals surface area (Å²) >= 11 is 0. The van der Waals surface area contributed by atoms with Gasteiger partial charge in [-0.2, -0.15) is 0 Å². The van der Waals surface area contributed by atoms with Crippen molar-refractivity contribution in [3.8, 4) is 0 Å². The zero-order valence-corrected chi connectivity index (χ0v) is 17.0. The third-order valence-electron chi connectivity index (χ3n) is 6.79. The number of rotatable bonds is 0. The number of hydrogen-bond donors (Lipinski definition) is 2. The van der Waals surface area contributed by atoms with Crippen LogP contribution in [0.4, 0.5) is 0 Å². The minimum Gasteiger partial charge on any atom is -0.354 e. The highest BCUT2D eigenvalue weighted by Gasteiger charge is 2.15. The van der Waals surface area contributed by atoms with Gasteiger partial charge in [0.15, 0.2) is 0 Å². The fourth-order valence-electron chi connectivity index (χ4n) is 5.37. The van der Waals surface area contributed by atoms with E-state index in [-0.39, 0.29) is 0 Å². The highest BCUT2D eigenvalue weighted by Crippen LogP contribution is 2.40. The van der Waals surface area contributed by atoms with Crippen molar-refractivity contribution in [3.05, 3.63) is 85.2 Å². The Balaban J connectivity index is 1.67. The largest absolute Gasteiger partial charge is 0.354 e. The molecule has 8 aromatic rings. The molecule has 3 aromatic heterocycles. The van der Waals surface area contributed by atoms with Crippen LogP contribution in [0, 0.1) is 0 Å². The molecule has 4 heteroatoms. The number of hydrogen-bond acceptors (Lipinski definition) is 2. The molecule has 0 saturated carbocycles. The van der Waals surface area contributed by atoms with E-state index in [0.717, 1.165) is 43.9 Å². The first-order valence-corrected chi connectivity index (χ1v) is 10.8. The van der Waals surface area contributed by atoms with Crippen LogP contribution in [-0.2, 0) is 0 Å². The van der Waals surface area contributed by atoms with Gasteiger partial charge in [0, 0.05) is 66.8 Å². The van der Waals surface area contributed by atoms with E-state index in [9.17, 15) is 0 Å². The molecule has 3 heterocycles. The molecule has 0 aliphatic rings. The Morgan fingerprint density at radius 2 is 0.875 bits per heavy atom. The fraction of sp³-hybridized carbons (Fsp3) is 0. The predicted octanol–water partition coefficient (Wildman–Crippen LogP) is 7.21. The molecule has 8 rings (SSSR count). The van der Waals surface area contributed by atoms with Gasteiger partial charge in [-0.1, -0.05) is 36.4 Å². The minimum absolute atomic E-state index is 0.936. The van der Waals surface area contributed by atoms with E-state index in [1.54, 1.807) is 12.4 Å². The summed E-state index contributed by atoms with van der Waals surface area (Å²) in [6.45, 7) is 0. The van der Waals surface area contributed by atoms with Crippen LogP contribution in [0.15, 0.2) is 85.2 Å². The Kier molecular flexibility index (Phi) is 2.86. The molecule has 4 nitrogen and oxygen atoms in total. The minimum atomic E-state index is 0.936. The molecule has 0 radical (unpaired) electrons. The van der Waals surface area contributed by atoms with E-state index < -0.39 is 0 Å². The van der Waals surface area contributed by atoms with Crippen molar-refractivity contribution in [2.75, 3.05) is 0 Å². The van der Waals surface area contributed by atoms with Gasteiger partial charge in [-0.3, -0.25) is 9.97 Å². The molecule has 0 bridgehead atoms. The van der Waals surface area contributed by atoms with Crippen molar-refractivity contribution in [3.63, 3.8) is 0 Å². The van der Waals surface area contributed by atoms with Crippen LogP contribution in [0.25, 0.3) is 76.2 Å². The lowest BCUT2D eigenvalue weighted by Gasteiger charge is -2.10. The molecule has 0 aliphatic carbocycles.